The molecule has 0 aromatic heterocycles. The van der Waals surface area contributed by atoms with E-state index in [0.29, 0.717) is 16.2 Å². The smallest absolute Gasteiger partial charge is 0.201 e. The molecule has 3 rings (SSSR count). The van der Waals surface area contributed by atoms with Crippen LogP contribution in [-0.4, -0.2) is 5.11 Å². The third-order valence-electron chi connectivity index (χ3n) is 3.65. The van der Waals surface area contributed by atoms with Crippen molar-refractivity contribution in [2.45, 2.75) is 13.8 Å². The lowest BCUT2D eigenvalue weighted by Gasteiger charge is -2.06. The van der Waals surface area contributed by atoms with Gasteiger partial charge in [0.15, 0.2) is 0 Å². The number of rotatable bonds is 1. The second-order valence-electron chi connectivity index (χ2n) is 5.28. The lowest BCUT2D eigenvalue weighted by molar-refractivity contribution is 0.445. The molecule has 0 unspecified atom stereocenters. The molecule has 20 heavy (non-hydrogen) atoms. The van der Waals surface area contributed by atoms with Crippen molar-refractivity contribution in [1.82, 2.24) is 0 Å². The molecule has 1 N–H and O–H groups in total. The first-order valence-electron chi connectivity index (χ1n) is 6.56. The topological polar surface area (TPSA) is 54.4 Å². The molecule has 0 aliphatic heterocycles. The molecule has 3 aromatic rings. The Bertz CT molecular complexity index is 905. The summed E-state index contributed by atoms with van der Waals surface area (Å²) in [5.41, 5.74) is -0.768. The molecule has 3 aromatic carbocycles. The van der Waals surface area contributed by atoms with E-state index in [-0.39, 0.29) is 27.8 Å². The van der Waals surface area contributed by atoms with Crippen molar-refractivity contribution in [1.29, 1.82) is 0 Å². The lowest BCUT2D eigenvalue weighted by atomic mass is 9.97. The molecule has 100 valence electrons. The summed E-state index contributed by atoms with van der Waals surface area (Å²) >= 11 is 0. The first kappa shape index (κ1) is 12.6. The summed E-state index contributed by atoms with van der Waals surface area (Å²) in [5, 5.41) is 12.5. The SMILES string of the molecule is CC(C)C(O)=c1c(=O)c2cccc3cccc(c1=O)c32. The van der Waals surface area contributed by atoms with Gasteiger partial charge in [0.25, 0.3) is 0 Å². The van der Waals surface area contributed by atoms with E-state index in [4.69, 9.17) is 0 Å². The van der Waals surface area contributed by atoms with Crippen molar-refractivity contribution < 1.29 is 5.11 Å². The van der Waals surface area contributed by atoms with E-state index in [1.165, 1.54) is 0 Å². The van der Waals surface area contributed by atoms with Crippen LogP contribution in [0, 0.1) is 5.92 Å². The minimum absolute atomic E-state index is 0.0915. The molecule has 0 saturated heterocycles. The second kappa shape index (κ2) is 4.30. The Balaban J connectivity index is 2.77. The zero-order valence-corrected chi connectivity index (χ0v) is 11.3. The van der Waals surface area contributed by atoms with Gasteiger partial charge in [-0.15, -0.1) is 0 Å². The Hall–Kier alpha value is -2.42. The highest BCUT2D eigenvalue weighted by atomic mass is 16.3. The molecule has 3 heteroatoms. The first-order valence-corrected chi connectivity index (χ1v) is 6.56. The first-order chi connectivity index (χ1) is 9.52. The van der Waals surface area contributed by atoms with Gasteiger partial charge in [-0.05, 0) is 5.39 Å². The summed E-state index contributed by atoms with van der Waals surface area (Å²) in [7, 11) is 0. The molecule has 0 atom stereocenters. The second-order valence-corrected chi connectivity index (χ2v) is 5.28. The molecule has 0 amide bonds. The average molecular weight is 266 g/mol. The van der Waals surface area contributed by atoms with Gasteiger partial charge >= 0.3 is 0 Å². The van der Waals surface area contributed by atoms with Crippen LogP contribution in [0.1, 0.15) is 13.8 Å². The fourth-order valence-electron chi connectivity index (χ4n) is 2.61. The van der Waals surface area contributed by atoms with Crippen LogP contribution in [0.15, 0.2) is 46.0 Å². The number of aliphatic hydroxyl groups excluding tert-OH is 1. The molecule has 3 nitrogen and oxygen atoms in total. The van der Waals surface area contributed by atoms with Crippen LogP contribution in [0.25, 0.3) is 27.3 Å². The van der Waals surface area contributed by atoms with Gasteiger partial charge in [-0.1, -0.05) is 50.2 Å². The summed E-state index contributed by atoms with van der Waals surface area (Å²) in [4.78, 5) is 25.0. The third-order valence-corrected chi connectivity index (χ3v) is 3.65. The molecule has 0 aliphatic carbocycles. The van der Waals surface area contributed by atoms with Gasteiger partial charge in [0.1, 0.15) is 11.0 Å². The largest absolute Gasteiger partial charge is 0.511 e. The minimum atomic E-state index is -0.384. The highest BCUT2D eigenvalue weighted by molar-refractivity contribution is 6.09. The normalized spacial score (nSPS) is 11.6. The fraction of sp³-hybridized carbons (Fsp3) is 0.176. The average Bonchev–Trinajstić information content (AvgIpc) is 2.44. The Morgan fingerprint density at radius 1 is 0.950 bits per heavy atom. The molecule has 0 bridgehead atoms. The Kier molecular flexibility index (Phi) is 2.71. The van der Waals surface area contributed by atoms with Crippen LogP contribution in [-0.2, 0) is 0 Å². The lowest BCUT2D eigenvalue weighted by Crippen LogP contribution is -2.41. The highest BCUT2D eigenvalue weighted by Crippen LogP contribution is 2.21. The van der Waals surface area contributed by atoms with Gasteiger partial charge in [0.05, 0.1) is 0 Å². The molecule has 0 aliphatic rings. The number of hydrogen-bond donors (Lipinski definition) is 1. The Morgan fingerprint density at radius 3 is 1.90 bits per heavy atom. The number of hydrogen-bond acceptors (Lipinski definition) is 3. The maximum Gasteiger partial charge on any atom is 0.201 e. The van der Waals surface area contributed by atoms with Gasteiger partial charge in [-0.3, -0.25) is 9.59 Å². The van der Waals surface area contributed by atoms with Crippen LogP contribution >= 0.6 is 0 Å². The molecule has 0 saturated carbocycles. The van der Waals surface area contributed by atoms with Crippen molar-refractivity contribution in [3.63, 3.8) is 0 Å². The summed E-state index contributed by atoms with van der Waals surface area (Å²) in [6, 6.07) is 10.7. The summed E-state index contributed by atoms with van der Waals surface area (Å²) in [6.45, 7) is 3.51. The van der Waals surface area contributed by atoms with E-state index in [0.717, 1.165) is 5.39 Å². The van der Waals surface area contributed by atoms with E-state index >= 15 is 0 Å². The Labute approximate surface area is 115 Å². The maximum absolute atomic E-state index is 12.5. The van der Waals surface area contributed by atoms with Crippen molar-refractivity contribution in [2.24, 2.45) is 5.92 Å². The molecular formula is C17H14O3. The molecular weight excluding hydrogens is 252 g/mol. The quantitative estimate of drug-likeness (QED) is 0.734. The van der Waals surface area contributed by atoms with Gasteiger partial charge < -0.3 is 5.11 Å². The van der Waals surface area contributed by atoms with Crippen molar-refractivity contribution >= 4 is 27.3 Å². The van der Waals surface area contributed by atoms with Crippen molar-refractivity contribution in [3.05, 3.63) is 62.1 Å². The monoisotopic (exact) mass is 266 g/mol. The summed E-state index contributed by atoms with van der Waals surface area (Å²) in [5.74, 6) is -0.395. The van der Waals surface area contributed by atoms with E-state index in [1.54, 1.807) is 38.1 Å². The maximum atomic E-state index is 12.5. The van der Waals surface area contributed by atoms with Gasteiger partial charge in [0.2, 0.25) is 10.9 Å². The third kappa shape index (κ3) is 1.59. The zero-order chi connectivity index (χ0) is 14.4. The fourth-order valence-corrected chi connectivity index (χ4v) is 2.61. The predicted octanol–water partition coefficient (Wildman–Crippen LogP) is 2.19. The van der Waals surface area contributed by atoms with E-state index in [1.807, 2.05) is 12.1 Å². The minimum Gasteiger partial charge on any atom is -0.511 e. The van der Waals surface area contributed by atoms with Crippen LogP contribution in [0.5, 0.6) is 0 Å². The molecule has 0 radical (unpaired) electrons. The van der Waals surface area contributed by atoms with Crippen LogP contribution in [0.2, 0.25) is 0 Å². The highest BCUT2D eigenvalue weighted by Gasteiger charge is 2.14. The molecule has 0 heterocycles. The predicted molar refractivity (Wildman–Crippen MR) is 81.3 cm³/mol. The van der Waals surface area contributed by atoms with Gasteiger partial charge in [0, 0.05) is 22.1 Å². The molecule has 0 spiro atoms. The van der Waals surface area contributed by atoms with E-state index in [2.05, 4.69) is 0 Å². The summed E-state index contributed by atoms with van der Waals surface area (Å²) < 4.78 is 0. The Morgan fingerprint density at radius 2 is 1.45 bits per heavy atom. The standard InChI is InChI=1S/C17H14O3/c1-9(2)15(18)14-16(19)11-7-3-5-10-6-4-8-12(13(10)11)17(14)20/h3-9,18H,1-2H3. The zero-order valence-electron chi connectivity index (χ0n) is 11.3. The summed E-state index contributed by atoms with van der Waals surface area (Å²) in [6.07, 6.45) is 0. The van der Waals surface area contributed by atoms with Crippen LogP contribution < -0.4 is 16.1 Å². The van der Waals surface area contributed by atoms with Gasteiger partial charge in [-0.25, -0.2) is 0 Å². The van der Waals surface area contributed by atoms with E-state index < -0.39 is 0 Å². The van der Waals surface area contributed by atoms with E-state index in [9.17, 15) is 14.7 Å². The number of benzene rings is 3. The van der Waals surface area contributed by atoms with Crippen LogP contribution in [0.3, 0.4) is 0 Å². The molecule has 0 fully saturated rings. The van der Waals surface area contributed by atoms with Crippen LogP contribution in [0.4, 0.5) is 0 Å². The van der Waals surface area contributed by atoms with Crippen molar-refractivity contribution in [2.75, 3.05) is 0 Å². The van der Waals surface area contributed by atoms with Gasteiger partial charge in [-0.2, -0.15) is 0 Å². The van der Waals surface area contributed by atoms with Crippen molar-refractivity contribution in [3.8, 4) is 0 Å². The number of aliphatic hydroxyl groups is 1.